The van der Waals surface area contributed by atoms with Gasteiger partial charge in [-0.05, 0) is 36.3 Å². The van der Waals surface area contributed by atoms with Crippen molar-refractivity contribution < 1.29 is 18.7 Å². The van der Waals surface area contributed by atoms with Gasteiger partial charge < -0.3 is 14.8 Å². The maximum Gasteiger partial charge on any atom is 0.244 e. The van der Waals surface area contributed by atoms with Gasteiger partial charge in [-0.1, -0.05) is 31.2 Å². The summed E-state index contributed by atoms with van der Waals surface area (Å²) in [7, 11) is 0. The topological polar surface area (TPSA) is 47.6 Å². The van der Waals surface area contributed by atoms with Crippen molar-refractivity contribution in [3.63, 3.8) is 0 Å². The maximum absolute atomic E-state index is 13.6. The molecule has 1 aliphatic heterocycles. The molecular weight excluding hydrogens is 333 g/mol. The van der Waals surface area contributed by atoms with E-state index < -0.39 is 0 Å². The lowest BCUT2D eigenvalue weighted by Crippen LogP contribution is -2.26. The monoisotopic (exact) mass is 355 g/mol. The molecule has 136 valence electrons. The van der Waals surface area contributed by atoms with Gasteiger partial charge >= 0.3 is 0 Å². The van der Waals surface area contributed by atoms with E-state index >= 15 is 0 Å². The number of benzene rings is 2. The summed E-state index contributed by atoms with van der Waals surface area (Å²) in [4.78, 5) is 12.2. The van der Waals surface area contributed by atoms with Crippen LogP contribution in [0.1, 0.15) is 36.9 Å². The lowest BCUT2D eigenvalue weighted by atomic mass is 10.0. The summed E-state index contributed by atoms with van der Waals surface area (Å²) in [5.41, 5.74) is 1.33. The zero-order valence-electron chi connectivity index (χ0n) is 14.7. The van der Waals surface area contributed by atoms with Crippen LogP contribution in [0.25, 0.3) is 6.08 Å². The molecule has 1 unspecified atom stereocenters. The average molecular weight is 355 g/mol. The zero-order chi connectivity index (χ0) is 18.4. The molecule has 0 aliphatic carbocycles. The van der Waals surface area contributed by atoms with Gasteiger partial charge in [-0.15, -0.1) is 0 Å². The van der Waals surface area contributed by atoms with Gasteiger partial charge in [-0.3, -0.25) is 4.79 Å². The number of amides is 1. The van der Waals surface area contributed by atoms with Crippen molar-refractivity contribution in [2.24, 2.45) is 0 Å². The van der Waals surface area contributed by atoms with Gasteiger partial charge in [-0.2, -0.15) is 0 Å². The molecule has 0 fully saturated rings. The Morgan fingerprint density at radius 2 is 1.96 bits per heavy atom. The molecule has 4 nitrogen and oxygen atoms in total. The third kappa shape index (κ3) is 4.42. The van der Waals surface area contributed by atoms with Crippen LogP contribution in [0.3, 0.4) is 0 Å². The molecule has 0 bridgehead atoms. The molecule has 0 radical (unpaired) electrons. The first-order valence-electron chi connectivity index (χ1n) is 8.80. The fourth-order valence-electron chi connectivity index (χ4n) is 2.81. The molecule has 1 atom stereocenters. The molecule has 26 heavy (non-hydrogen) atoms. The maximum atomic E-state index is 13.6. The summed E-state index contributed by atoms with van der Waals surface area (Å²) in [6.07, 6.45) is 4.40. The molecule has 1 N–H and O–H groups in total. The van der Waals surface area contributed by atoms with E-state index in [1.807, 2.05) is 25.1 Å². The summed E-state index contributed by atoms with van der Waals surface area (Å²) in [5, 5.41) is 2.95. The quantitative estimate of drug-likeness (QED) is 0.815. The normalized spacial score (nSPS) is 14.7. The van der Waals surface area contributed by atoms with Crippen LogP contribution in [0.15, 0.2) is 48.5 Å². The number of fused-ring (bicyclic) bond motifs is 1. The van der Waals surface area contributed by atoms with Crippen LogP contribution in [-0.4, -0.2) is 19.1 Å². The summed E-state index contributed by atoms with van der Waals surface area (Å²) in [6, 6.07) is 11.9. The third-order valence-electron chi connectivity index (χ3n) is 4.22. The van der Waals surface area contributed by atoms with E-state index in [1.54, 1.807) is 18.2 Å². The van der Waals surface area contributed by atoms with E-state index in [1.165, 1.54) is 18.2 Å². The van der Waals surface area contributed by atoms with Gasteiger partial charge in [0.05, 0.1) is 19.3 Å². The highest BCUT2D eigenvalue weighted by molar-refractivity contribution is 5.92. The number of carbonyl (C=O) groups excluding carboxylic acids is 1. The van der Waals surface area contributed by atoms with Crippen molar-refractivity contribution >= 4 is 12.0 Å². The van der Waals surface area contributed by atoms with Gasteiger partial charge in [0.15, 0.2) is 11.5 Å². The highest BCUT2D eigenvalue weighted by Crippen LogP contribution is 2.33. The smallest absolute Gasteiger partial charge is 0.244 e. The molecule has 3 rings (SSSR count). The molecule has 0 spiro atoms. The van der Waals surface area contributed by atoms with E-state index in [4.69, 9.17) is 9.47 Å². The largest absolute Gasteiger partial charge is 0.490 e. The zero-order valence-corrected chi connectivity index (χ0v) is 14.7. The fourth-order valence-corrected chi connectivity index (χ4v) is 2.81. The number of nitrogens with one attached hydrogen (secondary N) is 1. The minimum atomic E-state index is -0.355. The molecule has 5 heteroatoms. The molecule has 0 saturated carbocycles. The Bertz CT molecular complexity index is 804. The first kappa shape index (κ1) is 18.0. The van der Waals surface area contributed by atoms with E-state index in [0.717, 1.165) is 24.2 Å². The van der Waals surface area contributed by atoms with Gasteiger partial charge in [0.1, 0.15) is 5.82 Å². The molecule has 1 heterocycles. The first-order valence-corrected chi connectivity index (χ1v) is 8.80. The van der Waals surface area contributed by atoms with Crippen LogP contribution in [-0.2, 0) is 4.79 Å². The van der Waals surface area contributed by atoms with Gasteiger partial charge in [0, 0.05) is 18.1 Å². The van der Waals surface area contributed by atoms with Crippen LogP contribution in [0, 0.1) is 5.82 Å². The van der Waals surface area contributed by atoms with Crippen molar-refractivity contribution in [2.75, 3.05) is 13.2 Å². The Morgan fingerprint density at radius 1 is 1.19 bits per heavy atom. The second-order valence-corrected chi connectivity index (χ2v) is 6.08. The van der Waals surface area contributed by atoms with Crippen molar-refractivity contribution in [1.82, 2.24) is 5.32 Å². The van der Waals surface area contributed by atoms with E-state index in [0.29, 0.717) is 24.5 Å². The van der Waals surface area contributed by atoms with E-state index in [-0.39, 0.29) is 17.8 Å². The fraction of sp³-hybridized carbons (Fsp3) is 0.286. The lowest BCUT2D eigenvalue weighted by molar-refractivity contribution is -0.117. The number of hydrogen-bond donors (Lipinski definition) is 1. The van der Waals surface area contributed by atoms with Crippen LogP contribution >= 0.6 is 0 Å². The first-order chi connectivity index (χ1) is 12.7. The molecule has 0 saturated heterocycles. The molecule has 1 aliphatic rings. The Balaban J connectivity index is 1.70. The number of carbonyl (C=O) groups is 1. The Labute approximate surface area is 152 Å². The van der Waals surface area contributed by atoms with Crippen LogP contribution in [0.2, 0.25) is 0 Å². The average Bonchev–Trinajstić information content (AvgIpc) is 2.90. The second-order valence-electron chi connectivity index (χ2n) is 6.08. The Kier molecular flexibility index (Phi) is 5.89. The van der Waals surface area contributed by atoms with Crippen molar-refractivity contribution in [3.8, 4) is 11.5 Å². The van der Waals surface area contributed by atoms with Crippen LogP contribution in [0.4, 0.5) is 4.39 Å². The highest BCUT2D eigenvalue weighted by atomic mass is 19.1. The van der Waals surface area contributed by atoms with E-state index in [9.17, 15) is 9.18 Å². The predicted octanol–water partition coefficient (Wildman–Crippen LogP) is 4.27. The number of rotatable bonds is 5. The molecule has 0 aromatic heterocycles. The summed E-state index contributed by atoms with van der Waals surface area (Å²) in [5.74, 6) is 0.806. The van der Waals surface area contributed by atoms with Gasteiger partial charge in [0.2, 0.25) is 5.91 Å². The standard InChI is InChI=1S/C21H22FNO3/c1-2-18(16-8-10-19-20(14-16)26-13-5-12-25-19)23-21(24)11-9-15-6-3-4-7-17(15)22/h3-4,6-11,14,18H,2,5,12-13H2,1H3,(H,23,24)/b11-9+. The summed E-state index contributed by atoms with van der Waals surface area (Å²) in [6.45, 7) is 3.25. The molecule has 2 aromatic carbocycles. The van der Waals surface area contributed by atoms with Gasteiger partial charge in [-0.25, -0.2) is 4.39 Å². The lowest BCUT2D eigenvalue weighted by Gasteiger charge is -2.18. The second kappa shape index (κ2) is 8.52. The molecule has 1 amide bonds. The number of hydrogen-bond acceptors (Lipinski definition) is 3. The Hall–Kier alpha value is -2.82. The van der Waals surface area contributed by atoms with Gasteiger partial charge in [0.25, 0.3) is 0 Å². The molecular formula is C21H22FNO3. The highest BCUT2D eigenvalue weighted by Gasteiger charge is 2.16. The number of halogens is 1. The summed E-state index contributed by atoms with van der Waals surface area (Å²) >= 11 is 0. The van der Waals surface area contributed by atoms with E-state index in [2.05, 4.69) is 5.32 Å². The van der Waals surface area contributed by atoms with Crippen molar-refractivity contribution in [2.45, 2.75) is 25.8 Å². The summed E-state index contributed by atoms with van der Waals surface area (Å²) < 4.78 is 25.0. The van der Waals surface area contributed by atoms with Crippen LogP contribution in [0.5, 0.6) is 11.5 Å². The van der Waals surface area contributed by atoms with Crippen LogP contribution < -0.4 is 14.8 Å². The molecule has 2 aromatic rings. The van der Waals surface area contributed by atoms with Crippen molar-refractivity contribution in [3.05, 3.63) is 65.5 Å². The SMILES string of the molecule is CCC(NC(=O)/C=C/c1ccccc1F)c1ccc2c(c1)OCCCO2. The Morgan fingerprint density at radius 3 is 2.73 bits per heavy atom. The number of ether oxygens (including phenoxy) is 2. The minimum Gasteiger partial charge on any atom is -0.490 e. The predicted molar refractivity (Wildman–Crippen MR) is 98.7 cm³/mol. The third-order valence-corrected chi connectivity index (χ3v) is 4.22. The van der Waals surface area contributed by atoms with Crippen molar-refractivity contribution in [1.29, 1.82) is 0 Å². The minimum absolute atomic E-state index is 0.162.